The molecule has 1 saturated heterocycles. The number of aryl methyl sites for hydroxylation is 1. The van der Waals surface area contributed by atoms with Gasteiger partial charge in [-0.1, -0.05) is 43.7 Å². The Hall–Kier alpha value is -2.92. The number of aliphatic hydroxyl groups is 1. The first-order valence-electron chi connectivity index (χ1n) is 14.3. The third-order valence-electron chi connectivity index (χ3n) is 11.4. The molecule has 5 aliphatic rings. The summed E-state index contributed by atoms with van der Waals surface area (Å²) in [6, 6.07) is 15.7. The van der Waals surface area contributed by atoms with E-state index in [0.29, 0.717) is 18.0 Å². The first-order valence-corrected chi connectivity index (χ1v) is 14.3. The maximum absolute atomic E-state index is 14.0. The van der Waals surface area contributed by atoms with Crippen LogP contribution in [0.2, 0.25) is 0 Å². The molecule has 0 unspecified atom stereocenters. The molecule has 1 N–H and O–H groups in total. The van der Waals surface area contributed by atoms with Crippen molar-refractivity contribution >= 4 is 23.1 Å². The number of carbonyl (C=O) groups excluding carboxylic acids is 2. The van der Waals surface area contributed by atoms with Crippen LogP contribution >= 0.6 is 0 Å². The summed E-state index contributed by atoms with van der Waals surface area (Å²) in [5, 5.41) is 11.4. The number of hydrogen-bond donors (Lipinski definition) is 1. The maximum Gasteiger partial charge on any atom is 0.238 e. The minimum absolute atomic E-state index is 0.0186. The number of nitrogens with zero attached hydrogens (tertiary/aromatic N) is 1. The molecule has 2 aromatic carbocycles. The zero-order valence-corrected chi connectivity index (χ0v) is 22.6. The fraction of sp³-hybridized carbons (Fsp3) is 0.515. The van der Waals surface area contributed by atoms with E-state index in [4.69, 9.17) is 4.74 Å². The van der Waals surface area contributed by atoms with Gasteiger partial charge in [-0.15, -0.1) is 0 Å². The minimum Gasteiger partial charge on any atom is -0.497 e. The van der Waals surface area contributed by atoms with E-state index < -0.39 is 0 Å². The SMILES string of the molecule is COc1ccc2c(c1)CC[C@@H]1C2=C(C[C@]23CC[C@H](C[C@H]2O)C3(C)C)C[C@H]2C(=O)N(c3ccccc3)C(=O)[C@@H]12. The number of ether oxygens (including phenoxy) is 1. The summed E-state index contributed by atoms with van der Waals surface area (Å²) >= 11 is 0. The second-order valence-corrected chi connectivity index (χ2v) is 12.9. The van der Waals surface area contributed by atoms with Crippen molar-refractivity contribution in [2.45, 2.75) is 64.9 Å². The predicted octanol–water partition coefficient (Wildman–Crippen LogP) is 5.80. The molecule has 1 heterocycles. The van der Waals surface area contributed by atoms with Gasteiger partial charge in [0.05, 0.1) is 30.7 Å². The number of fused-ring (bicyclic) bond motifs is 7. The number of para-hydroxylation sites is 1. The van der Waals surface area contributed by atoms with Gasteiger partial charge in [0.2, 0.25) is 11.8 Å². The van der Waals surface area contributed by atoms with Crippen LogP contribution in [0.3, 0.4) is 0 Å². The maximum atomic E-state index is 14.0. The van der Waals surface area contributed by atoms with Gasteiger partial charge in [-0.3, -0.25) is 14.5 Å². The molecule has 5 heteroatoms. The van der Waals surface area contributed by atoms with Gasteiger partial charge in [0.15, 0.2) is 0 Å². The van der Waals surface area contributed by atoms with Crippen LogP contribution in [0.25, 0.3) is 5.57 Å². The molecular weight excluding hydrogens is 474 g/mol. The lowest BCUT2D eigenvalue weighted by molar-refractivity contribution is -0.122. The first-order chi connectivity index (χ1) is 18.3. The van der Waals surface area contributed by atoms with Crippen molar-refractivity contribution in [3.05, 3.63) is 65.2 Å². The van der Waals surface area contributed by atoms with Crippen LogP contribution in [0.1, 0.15) is 63.5 Å². The quantitative estimate of drug-likeness (QED) is 0.527. The van der Waals surface area contributed by atoms with Gasteiger partial charge >= 0.3 is 0 Å². The molecule has 2 bridgehead atoms. The van der Waals surface area contributed by atoms with Crippen molar-refractivity contribution in [2.75, 3.05) is 12.0 Å². The topological polar surface area (TPSA) is 66.8 Å². The first kappa shape index (κ1) is 24.1. The molecular formula is C33H37NO4. The normalized spacial score (nSPS) is 34.8. The standard InChI is InChI=1S/C33H37NO4/c1-32(2)21-13-14-33(32,27(35)17-21)18-20-16-26-29(31(37)34(30(26)36)22-7-5-4-6-8-22)25-11-9-19-15-23(38-3)10-12-24(19)28(20)25/h4-8,10,12,15,21,25-27,29,35H,9,11,13-14,16-18H2,1-3H3/t21-,25-,26-,27-,29+,33-/m1/s1. The van der Waals surface area contributed by atoms with E-state index in [9.17, 15) is 14.7 Å². The van der Waals surface area contributed by atoms with Crippen LogP contribution in [0.15, 0.2) is 54.1 Å². The van der Waals surface area contributed by atoms with Gasteiger partial charge in [-0.2, -0.15) is 0 Å². The minimum atomic E-state index is -0.332. The van der Waals surface area contributed by atoms with Crippen LogP contribution in [0.4, 0.5) is 5.69 Å². The molecule has 4 aliphatic carbocycles. The van der Waals surface area contributed by atoms with E-state index in [1.54, 1.807) is 7.11 Å². The van der Waals surface area contributed by atoms with Crippen molar-refractivity contribution in [1.82, 2.24) is 0 Å². The number of rotatable bonds is 4. The summed E-state index contributed by atoms with van der Waals surface area (Å²) in [5.41, 5.74) is 5.60. The molecule has 6 atom stereocenters. The van der Waals surface area contributed by atoms with Crippen LogP contribution < -0.4 is 9.64 Å². The van der Waals surface area contributed by atoms with Gasteiger partial charge in [-0.25, -0.2) is 0 Å². The molecule has 2 aromatic rings. The number of anilines is 1. The van der Waals surface area contributed by atoms with E-state index >= 15 is 0 Å². The summed E-state index contributed by atoms with van der Waals surface area (Å²) in [5.74, 6) is 0.645. The molecule has 38 heavy (non-hydrogen) atoms. The van der Waals surface area contributed by atoms with Crippen molar-refractivity contribution in [2.24, 2.45) is 34.5 Å². The Labute approximate surface area is 224 Å². The predicted molar refractivity (Wildman–Crippen MR) is 146 cm³/mol. The second-order valence-electron chi connectivity index (χ2n) is 12.9. The van der Waals surface area contributed by atoms with Crippen molar-refractivity contribution in [3.8, 4) is 5.75 Å². The molecule has 5 nitrogen and oxygen atoms in total. The summed E-state index contributed by atoms with van der Waals surface area (Å²) in [7, 11) is 1.70. The summed E-state index contributed by atoms with van der Waals surface area (Å²) in [6.07, 6.45) is 5.87. The van der Waals surface area contributed by atoms with Crippen LogP contribution in [0.5, 0.6) is 5.75 Å². The summed E-state index contributed by atoms with van der Waals surface area (Å²) < 4.78 is 5.54. The van der Waals surface area contributed by atoms with Crippen LogP contribution in [0, 0.1) is 34.5 Å². The lowest BCUT2D eigenvalue weighted by Crippen LogP contribution is -2.41. The number of methoxy groups -OCH3 is 1. The fourth-order valence-electron chi connectivity index (χ4n) is 9.26. The zero-order chi connectivity index (χ0) is 26.4. The van der Waals surface area contributed by atoms with E-state index in [1.165, 1.54) is 27.2 Å². The monoisotopic (exact) mass is 511 g/mol. The molecule has 0 aromatic heterocycles. The Morgan fingerprint density at radius 3 is 2.50 bits per heavy atom. The number of carbonyl (C=O) groups is 2. The largest absolute Gasteiger partial charge is 0.497 e. The zero-order valence-electron chi connectivity index (χ0n) is 22.6. The Kier molecular flexibility index (Phi) is 5.27. The van der Waals surface area contributed by atoms with E-state index in [2.05, 4.69) is 26.0 Å². The molecule has 3 fully saturated rings. The van der Waals surface area contributed by atoms with E-state index in [1.807, 2.05) is 36.4 Å². The third-order valence-corrected chi connectivity index (χ3v) is 11.4. The van der Waals surface area contributed by atoms with Gasteiger partial charge < -0.3 is 9.84 Å². The van der Waals surface area contributed by atoms with Gasteiger partial charge in [0.1, 0.15) is 5.75 Å². The highest BCUT2D eigenvalue weighted by Gasteiger charge is 2.64. The van der Waals surface area contributed by atoms with E-state index in [-0.39, 0.29) is 46.5 Å². The van der Waals surface area contributed by atoms with E-state index in [0.717, 1.165) is 44.3 Å². The molecule has 2 amide bonds. The number of imide groups is 1. The highest BCUT2D eigenvalue weighted by atomic mass is 16.5. The molecule has 0 spiro atoms. The number of benzene rings is 2. The fourth-order valence-corrected chi connectivity index (χ4v) is 9.26. The second kappa shape index (κ2) is 8.29. The van der Waals surface area contributed by atoms with Crippen molar-refractivity contribution < 1.29 is 19.4 Å². The average molecular weight is 512 g/mol. The number of amides is 2. The Morgan fingerprint density at radius 1 is 1.03 bits per heavy atom. The third kappa shape index (κ3) is 3.08. The van der Waals surface area contributed by atoms with Crippen molar-refractivity contribution in [3.63, 3.8) is 0 Å². The van der Waals surface area contributed by atoms with Crippen molar-refractivity contribution in [1.29, 1.82) is 0 Å². The van der Waals surface area contributed by atoms with Crippen LogP contribution in [-0.2, 0) is 16.0 Å². The number of aliphatic hydroxyl groups excluding tert-OH is 1. The molecule has 0 radical (unpaired) electrons. The Morgan fingerprint density at radius 2 is 1.82 bits per heavy atom. The average Bonchev–Trinajstić information content (AvgIpc) is 3.39. The van der Waals surface area contributed by atoms with Gasteiger partial charge in [0.25, 0.3) is 0 Å². The Balaban J connectivity index is 1.37. The van der Waals surface area contributed by atoms with Gasteiger partial charge in [-0.05, 0) is 103 Å². The molecule has 198 valence electrons. The van der Waals surface area contributed by atoms with Crippen LogP contribution in [-0.4, -0.2) is 30.1 Å². The molecule has 1 aliphatic heterocycles. The summed E-state index contributed by atoms with van der Waals surface area (Å²) in [6.45, 7) is 4.69. The number of hydrogen-bond acceptors (Lipinski definition) is 4. The Bertz CT molecular complexity index is 1360. The molecule has 2 saturated carbocycles. The lowest BCUT2D eigenvalue weighted by atomic mass is 9.58. The highest BCUT2D eigenvalue weighted by molar-refractivity contribution is 6.23. The smallest absolute Gasteiger partial charge is 0.238 e. The van der Waals surface area contributed by atoms with Gasteiger partial charge in [0, 0.05) is 5.41 Å². The molecule has 7 rings (SSSR count). The lowest BCUT2D eigenvalue weighted by Gasteiger charge is -2.45. The highest BCUT2D eigenvalue weighted by Crippen LogP contribution is 2.69. The number of allylic oxidation sites excluding steroid dienone is 2. The summed E-state index contributed by atoms with van der Waals surface area (Å²) in [4.78, 5) is 29.3.